The molecule has 0 aliphatic carbocycles. The molecule has 0 radical (unpaired) electrons. The van der Waals surface area contributed by atoms with E-state index in [9.17, 15) is 4.79 Å². The van der Waals surface area contributed by atoms with Crippen molar-refractivity contribution in [2.45, 2.75) is 19.8 Å². The molecule has 0 unspecified atom stereocenters. The average molecular weight is 308 g/mol. The van der Waals surface area contributed by atoms with Gasteiger partial charge in [0.15, 0.2) is 0 Å². The van der Waals surface area contributed by atoms with Crippen LogP contribution in [0.1, 0.15) is 33.0 Å². The molecule has 2 atom stereocenters. The molecule has 1 saturated heterocycles. The van der Waals surface area contributed by atoms with Gasteiger partial charge in [0.25, 0.3) is 5.91 Å². The lowest BCUT2D eigenvalue weighted by molar-refractivity contribution is 0.0785. The normalized spacial score (nSPS) is 20.7. The summed E-state index contributed by atoms with van der Waals surface area (Å²) in [5, 5.41) is 0. The third-order valence-electron chi connectivity index (χ3n) is 4.88. The predicted molar refractivity (Wildman–Crippen MR) is 93.5 cm³/mol. The third kappa shape index (κ3) is 3.15. The SMILES string of the molecule is Cc1ccc(C)c(C(=O)N2C[C@@H](CN)[C@H](c3ccccc3)C2)c1. The fourth-order valence-corrected chi connectivity index (χ4v) is 3.49. The van der Waals surface area contributed by atoms with E-state index in [-0.39, 0.29) is 5.91 Å². The van der Waals surface area contributed by atoms with Gasteiger partial charge in [0.2, 0.25) is 0 Å². The highest BCUT2D eigenvalue weighted by Gasteiger charge is 2.35. The molecule has 2 N–H and O–H groups in total. The summed E-state index contributed by atoms with van der Waals surface area (Å²) >= 11 is 0. The molecule has 1 heterocycles. The first kappa shape index (κ1) is 15.8. The highest BCUT2D eigenvalue weighted by atomic mass is 16.2. The van der Waals surface area contributed by atoms with E-state index in [1.165, 1.54) is 5.56 Å². The minimum Gasteiger partial charge on any atom is -0.338 e. The van der Waals surface area contributed by atoms with E-state index in [4.69, 9.17) is 5.73 Å². The van der Waals surface area contributed by atoms with Gasteiger partial charge in [-0.25, -0.2) is 0 Å². The van der Waals surface area contributed by atoms with Gasteiger partial charge in [-0.15, -0.1) is 0 Å². The molecular weight excluding hydrogens is 284 g/mol. The van der Waals surface area contributed by atoms with Crippen LogP contribution < -0.4 is 5.73 Å². The Labute approximate surface area is 138 Å². The molecule has 0 saturated carbocycles. The molecule has 1 fully saturated rings. The van der Waals surface area contributed by atoms with Crippen LogP contribution in [-0.2, 0) is 0 Å². The summed E-state index contributed by atoms with van der Waals surface area (Å²) < 4.78 is 0. The first-order chi connectivity index (χ1) is 11.1. The molecule has 23 heavy (non-hydrogen) atoms. The zero-order valence-corrected chi connectivity index (χ0v) is 13.8. The van der Waals surface area contributed by atoms with E-state index in [2.05, 4.69) is 24.3 Å². The van der Waals surface area contributed by atoms with Crippen LogP contribution in [0.5, 0.6) is 0 Å². The number of carbonyl (C=O) groups excluding carboxylic acids is 1. The highest BCUT2D eigenvalue weighted by molar-refractivity contribution is 5.96. The minimum atomic E-state index is 0.128. The maximum atomic E-state index is 12.9. The van der Waals surface area contributed by atoms with Gasteiger partial charge in [0.1, 0.15) is 0 Å². The Morgan fingerprint density at radius 3 is 2.57 bits per heavy atom. The Bertz CT molecular complexity index is 696. The number of nitrogens with two attached hydrogens (primary N) is 1. The van der Waals surface area contributed by atoms with Crippen molar-refractivity contribution in [2.75, 3.05) is 19.6 Å². The second kappa shape index (κ2) is 6.55. The molecule has 1 aliphatic rings. The molecule has 2 aromatic rings. The number of nitrogens with zero attached hydrogens (tertiary/aromatic N) is 1. The molecular formula is C20H24N2O. The number of aryl methyl sites for hydroxylation is 2. The van der Waals surface area contributed by atoms with Gasteiger partial charge in [-0.1, -0.05) is 48.0 Å². The Morgan fingerprint density at radius 1 is 1.13 bits per heavy atom. The van der Waals surface area contributed by atoms with Crippen molar-refractivity contribution in [3.8, 4) is 0 Å². The Kier molecular flexibility index (Phi) is 4.49. The van der Waals surface area contributed by atoms with Crippen molar-refractivity contribution in [3.63, 3.8) is 0 Å². The Morgan fingerprint density at radius 2 is 1.87 bits per heavy atom. The smallest absolute Gasteiger partial charge is 0.254 e. The molecule has 2 aromatic carbocycles. The van der Waals surface area contributed by atoms with Crippen LogP contribution in [0, 0.1) is 19.8 Å². The number of carbonyl (C=O) groups is 1. The van der Waals surface area contributed by atoms with Crippen LogP contribution in [0.4, 0.5) is 0 Å². The summed E-state index contributed by atoms with van der Waals surface area (Å²) in [6.45, 7) is 6.12. The van der Waals surface area contributed by atoms with E-state index >= 15 is 0 Å². The lowest BCUT2D eigenvalue weighted by Crippen LogP contribution is -2.30. The number of amides is 1. The van der Waals surface area contributed by atoms with Gasteiger partial charge in [0.05, 0.1) is 0 Å². The van der Waals surface area contributed by atoms with E-state index in [1.807, 2.05) is 43.0 Å². The molecule has 0 aromatic heterocycles. The van der Waals surface area contributed by atoms with Gasteiger partial charge in [-0.3, -0.25) is 4.79 Å². The van der Waals surface area contributed by atoms with Gasteiger partial charge >= 0.3 is 0 Å². The number of benzene rings is 2. The summed E-state index contributed by atoms with van der Waals surface area (Å²) in [7, 11) is 0. The first-order valence-corrected chi connectivity index (χ1v) is 8.21. The fraction of sp³-hybridized carbons (Fsp3) is 0.350. The Hall–Kier alpha value is -2.13. The maximum absolute atomic E-state index is 12.9. The zero-order chi connectivity index (χ0) is 16.4. The van der Waals surface area contributed by atoms with Gasteiger partial charge < -0.3 is 10.6 Å². The lowest BCUT2D eigenvalue weighted by atomic mass is 9.89. The second-order valence-corrected chi connectivity index (χ2v) is 6.54. The standard InChI is InChI=1S/C20H24N2O/c1-14-8-9-15(2)18(10-14)20(23)22-12-17(11-21)19(13-22)16-6-4-3-5-7-16/h3-10,17,19H,11-13,21H2,1-2H3/t17-,19+/m1/s1. The quantitative estimate of drug-likeness (QED) is 0.947. The van der Waals surface area contributed by atoms with E-state index in [0.717, 1.165) is 29.8 Å². The summed E-state index contributed by atoms with van der Waals surface area (Å²) in [6, 6.07) is 16.5. The molecule has 3 heteroatoms. The molecule has 120 valence electrons. The van der Waals surface area contributed by atoms with E-state index < -0.39 is 0 Å². The van der Waals surface area contributed by atoms with Crippen molar-refractivity contribution < 1.29 is 4.79 Å². The zero-order valence-electron chi connectivity index (χ0n) is 13.8. The highest BCUT2D eigenvalue weighted by Crippen LogP contribution is 2.33. The number of rotatable bonds is 3. The monoisotopic (exact) mass is 308 g/mol. The molecule has 1 amide bonds. The van der Waals surface area contributed by atoms with Crippen LogP contribution in [0.2, 0.25) is 0 Å². The molecule has 3 rings (SSSR count). The van der Waals surface area contributed by atoms with Gasteiger partial charge in [-0.05, 0) is 43.5 Å². The lowest BCUT2D eigenvalue weighted by Gasteiger charge is -2.18. The van der Waals surface area contributed by atoms with Crippen LogP contribution in [0.25, 0.3) is 0 Å². The van der Waals surface area contributed by atoms with Crippen LogP contribution in [0.15, 0.2) is 48.5 Å². The summed E-state index contributed by atoms with van der Waals surface area (Å²) in [5.41, 5.74) is 10.2. The van der Waals surface area contributed by atoms with E-state index in [0.29, 0.717) is 18.4 Å². The summed E-state index contributed by atoms with van der Waals surface area (Å²) in [4.78, 5) is 14.9. The predicted octanol–water partition coefficient (Wildman–Crippen LogP) is 3.12. The molecule has 3 nitrogen and oxygen atoms in total. The van der Waals surface area contributed by atoms with Crippen LogP contribution in [0.3, 0.4) is 0 Å². The molecule has 1 aliphatic heterocycles. The van der Waals surface area contributed by atoms with Crippen molar-refractivity contribution in [3.05, 3.63) is 70.8 Å². The maximum Gasteiger partial charge on any atom is 0.254 e. The number of likely N-dealkylation sites (tertiary alicyclic amines) is 1. The van der Waals surface area contributed by atoms with Crippen LogP contribution >= 0.6 is 0 Å². The summed E-state index contributed by atoms with van der Waals surface area (Å²) in [6.07, 6.45) is 0. The molecule has 0 spiro atoms. The van der Waals surface area contributed by atoms with Gasteiger partial charge in [-0.2, -0.15) is 0 Å². The molecule has 0 bridgehead atoms. The van der Waals surface area contributed by atoms with Gasteiger partial charge in [0, 0.05) is 24.6 Å². The van der Waals surface area contributed by atoms with Crippen molar-refractivity contribution in [1.29, 1.82) is 0 Å². The Balaban J connectivity index is 1.84. The third-order valence-corrected chi connectivity index (χ3v) is 4.88. The fourth-order valence-electron chi connectivity index (χ4n) is 3.49. The number of hydrogen-bond acceptors (Lipinski definition) is 2. The second-order valence-electron chi connectivity index (χ2n) is 6.54. The van der Waals surface area contributed by atoms with Crippen LogP contribution in [-0.4, -0.2) is 30.4 Å². The largest absolute Gasteiger partial charge is 0.338 e. The van der Waals surface area contributed by atoms with Crippen molar-refractivity contribution >= 4 is 5.91 Å². The van der Waals surface area contributed by atoms with Crippen molar-refractivity contribution in [2.24, 2.45) is 11.7 Å². The minimum absolute atomic E-state index is 0.128. The summed E-state index contributed by atoms with van der Waals surface area (Å²) in [5.74, 6) is 0.782. The first-order valence-electron chi connectivity index (χ1n) is 8.21. The topological polar surface area (TPSA) is 46.3 Å². The average Bonchev–Trinajstić information content (AvgIpc) is 3.01. The van der Waals surface area contributed by atoms with Crippen molar-refractivity contribution in [1.82, 2.24) is 4.90 Å². The number of hydrogen-bond donors (Lipinski definition) is 1. The van der Waals surface area contributed by atoms with E-state index in [1.54, 1.807) is 0 Å².